The van der Waals surface area contributed by atoms with Gasteiger partial charge in [0.15, 0.2) is 0 Å². The summed E-state index contributed by atoms with van der Waals surface area (Å²) in [4.78, 5) is 4.84. The second-order valence-corrected chi connectivity index (χ2v) is 19.1. The van der Waals surface area contributed by atoms with E-state index in [1.54, 1.807) is 0 Å². The third kappa shape index (κ3) is 7.76. The van der Waals surface area contributed by atoms with Crippen molar-refractivity contribution in [2.24, 2.45) is 0 Å². The molecule has 0 N–H and O–H groups in total. The Kier molecular flexibility index (Phi) is 11.3. The lowest BCUT2D eigenvalue weighted by molar-refractivity contribution is 0.696. The molecule has 0 spiro atoms. The number of allylic oxidation sites excluding steroid dienone is 4. The lowest BCUT2D eigenvalue weighted by atomic mass is 9.65. The zero-order valence-corrected chi connectivity index (χ0v) is 40.5. The molecule has 73 heavy (non-hydrogen) atoms. The molecule has 0 aliphatic heterocycles. The maximum atomic E-state index is 2.55. The summed E-state index contributed by atoms with van der Waals surface area (Å²) in [5.41, 5.74) is 21.1. The van der Waals surface area contributed by atoms with E-state index in [-0.39, 0.29) is 0 Å². The first kappa shape index (κ1) is 43.8. The van der Waals surface area contributed by atoms with E-state index in [1.165, 1.54) is 66.4 Å². The van der Waals surface area contributed by atoms with Crippen LogP contribution in [0.3, 0.4) is 0 Å². The quantitative estimate of drug-likeness (QED) is 0.128. The van der Waals surface area contributed by atoms with Crippen LogP contribution in [0.1, 0.15) is 35.1 Å². The van der Waals surface area contributed by atoms with Crippen molar-refractivity contribution < 1.29 is 0 Å². The van der Waals surface area contributed by atoms with E-state index in [2.05, 4.69) is 301 Å². The molecule has 0 amide bonds. The SMILES string of the molecule is C1=CC2=C(CC1)C(c1ccccc1)(c1ccccc1)c1cc(N(c3ccc(-c4ccccc4)cc3)c3ccc(-c4cccc5ccccc45)cc3)c(-c3ccc(N(c4ccccc4)c4ccccc4)cc3)cc12. The topological polar surface area (TPSA) is 6.48 Å². The van der Waals surface area contributed by atoms with E-state index in [4.69, 9.17) is 0 Å². The van der Waals surface area contributed by atoms with Gasteiger partial charge in [0.25, 0.3) is 0 Å². The number of nitrogens with zero attached hydrogens (tertiary/aromatic N) is 2. The standard InChI is InChI=1S/C71H52N2/c1-6-21-51(22-7-1)52-37-43-61(44-38-52)73(62-47-39-54(40-48-62)64-35-20-24-53-23-16-17-33-63(53)64)70-50-69-67(65-34-18-19-36-68(65)71(69,56-25-8-2-9-26-56)57-27-10-3-11-28-57)49-66(70)55-41-45-60(46-42-55)72(58-29-12-4-13-30-58)59-31-14-5-15-32-59/h1-18,20-35,37-50H,19,36H2. The van der Waals surface area contributed by atoms with Crippen LogP contribution >= 0.6 is 0 Å². The third-order valence-corrected chi connectivity index (χ3v) is 15.0. The van der Waals surface area contributed by atoms with Gasteiger partial charge >= 0.3 is 0 Å². The summed E-state index contributed by atoms with van der Waals surface area (Å²) in [5.74, 6) is 0. The number of rotatable bonds is 11. The zero-order valence-electron chi connectivity index (χ0n) is 40.5. The first-order valence-corrected chi connectivity index (χ1v) is 25.5. The van der Waals surface area contributed by atoms with Crippen LogP contribution in [0.2, 0.25) is 0 Å². The van der Waals surface area contributed by atoms with Crippen molar-refractivity contribution in [3.63, 3.8) is 0 Å². The smallest absolute Gasteiger partial charge is 0.0677 e. The van der Waals surface area contributed by atoms with Crippen molar-refractivity contribution in [3.05, 3.63) is 319 Å². The molecule has 2 aliphatic carbocycles. The Labute approximate surface area is 428 Å². The normalized spacial score (nSPS) is 13.4. The molecule has 0 unspecified atom stereocenters. The minimum Gasteiger partial charge on any atom is -0.311 e. The molecule has 11 aromatic rings. The first-order valence-electron chi connectivity index (χ1n) is 25.5. The number of hydrogen-bond donors (Lipinski definition) is 0. The molecule has 0 saturated heterocycles. The predicted octanol–water partition coefficient (Wildman–Crippen LogP) is 19.2. The maximum Gasteiger partial charge on any atom is 0.0677 e. The minimum atomic E-state index is -0.512. The summed E-state index contributed by atoms with van der Waals surface area (Å²) < 4.78 is 0. The predicted molar refractivity (Wildman–Crippen MR) is 308 cm³/mol. The van der Waals surface area contributed by atoms with Crippen LogP contribution in [0.5, 0.6) is 0 Å². The average molecular weight is 933 g/mol. The summed E-state index contributed by atoms with van der Waals surface area (Å²) in [6.07, 6.45) is 6.74. The Morgan fingerprint density at radius 3 is 1.37 bits per heavy atom. The van der Waals surface area contributed by atoms with Gasteiger partial charge in [-0.05, 0) is 158 Å². The molecule has 0 heterocycles. The number of anilines is 6. The van der Waals surface area contributed by atoms with Gasteiger partial charge in [-0.25, -0.2) is 0 Å². The van der Waals surface area contributed by atoms with E-state index >= 15 is 0 Å². The van der Waals surface area contributed by atoms with Crippen molar-refractivity contribution in [1.29, 1.82) is 0 Å². The molecule has 346 valence electrons. The fraction of sp³-hybridized carbons (Fsp3) is 0.0423. The van der Waals surface area contributed by atoms with Crippen LogP contribution in [0.4, 0.5) is 34.1 Å². The average Bonchev–Trinajstić information content (AvgIpc) is 3.76. The highest BCUT2D eigenvalue weighted by Crippen LogP contribution is 2.60. The highest BCUT2D eigenvalue weighted by molar-refractivity contribution is 6.00. The Bertz CT molecular complexity index is 3700. The van der Waals surface area contributed by atoms with Gasteiger partial charge in [-0.15, -0.1) is 0 Å². The van der Waals surface area contributed by atoms with Crippen LogP contribution in [0.15, 0.2) is 297 Å². The van der Waals surface area contributed by atoms with Crippen molar-refractivity contribution in [3.8, 4) is 33.4 Å². The lowest BCUT2D eigenvalue weighted by Gasteiger charge is -2.37. The van der Waals surface area contributed by atoms with Crippen molar-refractivity contribution in [2.75, 3.05) is 9.80 Å². The molecule has 2 nitrogen and oxygen atoms in total. The second-order valence-electron chi connectivity index (χ2n) is 19.1. The largest absolute Gasteiger partial charge is 0.311 e. The van der Waals surface area contributed by atoms with Crippen molar-refractivity contribution in [1.82, 2.24) is 0 Å². The summed E-state index contributed by atoms with van der Waals surface area (Å²) in [5, 5.41) is 2.48. The van der Waals surface area contributed by atoms with Crippen molar-refractivity contribution >= 4 is 50.5 Å². The Hall–Kier alpha value is -9.24. The Morgan fingerprint density at radius 1 is 0.329 bits per heavy atom. The maximum absolute atomic E-state index is 2.55. The first-order chi connectivity index (χ1) is 36.2. The number of fused-ring (bicyclic) bond motifs is 3. The van der Waals surface area contributed by atoms with Crippen LogP contribution in [0, 0.1) is 0 Å². The molecule has 0 atom stereocenters. The fourth-order valence-corrected chi connectivity index (χ4v) is 11.7. The van der Waals surface area contributed by atoms with Gasteiger partial charge < -0.3 is 9.80 Å². The molecule has 0 bridgehead atoms. The number of hydrogen-bond acceptors (Lipinski definition) is 2. The lowest BCUT2D eigenvalue weighted by Crippen LogP contribution is -2.30. The van der Waals surface area contributed by atoms with Gasteiger partial charge in [-0.1, -0.05) is 218 Å². The van der Waals surface area contributed by atoms with Crippen LogP contribution < -0.4 is 9.80 Å². The van der Waals surface area contributed by atoms with E-state index in [0.29, 0.717) is 0 Å². The minimum absolute atomic E-state index is 0.512. The molecule has 0 fully saturated rings. The Balaban J connectivity index is 1.07. The monoisotopic (exact) mass is 932 g/mol. The van der Waals surface area contributed by atoms with E-state index in [9.17, 15) is 0 Å². The van der Waals surface area contributed by atoms with Gasteiger partial charge in [0, 0.05) is 34.0 Å². The van der Waals surface area contributed by atoms with Gasteiger partial charge in [-0.3, -0.25) is 0 Å². The number of para-hydroxylation sites is 2. The van der Waals surface area contributed by atoms with Gasteiger partial charge in [0.2, 0.25) is 0 Å². The third-order valence-electron chi connectivity index (χ3n) is 15.0. The summed E-state index contributed by atoms with van der Waals surface area (Å²) in [6, 6.07) is 102. The van der Waals surface area contributed by atoms with E-state index < -0.39 is 5.41 Å². The molecular formula is C71H52N2. The molecule has 0 radical (unpaired) electrons. The fourth-order valence-electron chi connectivity index (χ4n) is 11.7. The Morgan fingerprint density at radius 2 is 0.781 bits per heavy atom. The van der Waals surface area contributed by atoms with E-state index in [0.717, 1.165) is 58.1 Å². The highest BCUT2D eigenvalue weighted by Gasteiger charge is 2.48. The van der Waals surface area contributed by atoms with E-state index in [1.807, 2.05) is 0 Å². The highest BCUT2D eigenvalue weighted by atomic mass is 15.1. The summed E-state index contributed by atoms with van der Waals surface area (Å²) in [7, 11) is 0. The molecule has 11 aromatic carbocycles. The van der Waals surface area contributed by atoms with Crippen molar-refractivity contribution in [2.45, 2.75) is 18.3 Å². The molecule has 0 saturated carbocycles. The van der Waals surface area contributed by atoms with Gasteiger partial charge in [0.1, 0.15) is 0 Å². The number of benzene rings is 11. The van der Waals surface area contributed by atoms with Crippen LogP contribution in [-0.4, -0.2) is 0 Å². The zero-order chi connectivity index (χ0) is 48.6. The molecular weight excluding hydrogens is 881 g/mol. The van der Waals surface area contributed by atoms with Crippen LogP contribution in [0.25, 0.3) is 49.7 Å². The van der Waals surface area contributed by atoms with Gasteiger partial charge in [-0.2, -0.15) is 0 Å². The second kappa shape index (κ2) is 18.8. The molecule has 2 heteroatoms. The summed E-state index contributed by atoms with van der Waals surface area (Å²) >= 11 is 0. The van der Waals surface area contributed by atoms with Gasteiger partial charge in [0.05, 0.1) is 11.1 Å². The summed E-state index contributed by atoms with van der Waals surface area (Å²) in [6.45, 7) is 0. The molecule has 2 aliphatic rings. The molecule has 13 rings (SSSR count). The van der Waals surface area contributed by atoms with Crippen LogP contribution in [-0.2, 0) is 5.41 Å². The molecule has 0 aromatic heterocycles.